The fourth-order valence-electron chi connectivity index (χ4n) is 7.24. The molecule has 4 atom stereocenters. The number of methoxy groups -OCH3 is 1. The van der Waals surface area contributed by atoms with Gasteiger partial charge in [-0.25, -0.2) is 27.9 Å². The minimum atomic E-state index is -4.33. The summed E-state index contributed by atoms with van der Waals surface area (Å²) in [5.41, 5.74) is 6.44. The van der Waals surface area contributed by atoms with E-state index in [1.165, 1.54) is 22.3 Å². The van der Waals surface area contributed by atoms with Crippen molar-refractivity contribution in [3.05, 3.63) is 66.1 Å². The van der Waals surface area contributed by atoms with Gasteiger partial charge >= 0.3 is 6.03 Å². The van der Waals surface area contributed by atoms with Crippen LogP contribution >= 0.6 is 11.3 Å². The highest BCUT2D eigenvalue weighted by Gasteiger charge is 2.61. The Bertz CT molecular complexity index is 2280. The fourth-order valence-corrected chi connectivity index (χ4v) is 9.31. The molecule has 0 radical (unpaired) electrons. The molecule has 4 amide bonds. The molecule has 2 aromatic heterocycles. The highest BCUT2D eigenvalue weighted by Crippen LogP contribution is 2.46. The average molecular weight is 803 g/mol. The maximum absolute atomic E-state index is 14.2. The monoisotopic (exact) mass is 802 g/mol. The van der Waals surface area contributed by atoms with Gasteiger partial charge in [0.25, 0.3) is 15.9 Å². The summed E-state index contributed by atoms with van der Waals surface area (Å²) in [4.78, 5) is 51.6. The number of hydrogen-bond acceptors (Lipinski definition) is 12. The number of urea groups is 1. The van der Waals surface area contributed by atoms with Crippen molar-refractivity contribution < 1.29 is 32.3 Å². The van der Waals surface area contributed by atoms with E-state index < -0.39 is 51.5 Å². The summed E-state index contributed by atoms with van der Waals surface area (Å²) >= 11 is 1.46. The van der Waals surface area contributed by atoms with Crippen molar-refractivity contribution in [1.29, 1.82) is 0 Å². The molecule has 1 saturated heterocycles. The molecule has 0 bridgehead atoms. The number of sulfonamides is 1. The second kappa shape index (κ2) is 16.0. The molecular formula is C39H46N8O7S2. The van der Waals surface area contributed by atoms with Crippen LogP contribution in [0.5, 0.6) is 11.5 Å². The molecule has 0 spiro atoms. The number of carbonyl (C=O) groups excluding carboxylic acids is 3. The predicted octanol–water partition coefficient (Wildman–Crippen LogP) is 5.01. The van der Waals surface area contributed by atoms with Gasteiger partial charge < -0.3 is 36.1 Å². The maximum atomic E-state index is 14.2. The maximum Gasteiger partial charge on any atom is 0.315 e. The lowest BCUT2D eigenvalue weighted by Gasteiger charge is -2.25. The number of hydrogen-bond donors (Lipinski definition) is 5. The Hall–Kier alpha value is -5.42. The lowest BCUT2D eigenvalue weighted by atomic mass is 10.1. The first kappa shape index (κ1) is 38.8. The number of nitrogens with two attached hydrogens (primary N) is 1. The van der Waals surface area contributed by atoms with Crippen LogP contribution in [-0.4, -0.2) is 85.1 Å². The molecule has 296 valence electrons. The molecule has 15 nitrogen and oxygen atoms in total. The number of primary amides is 1. The molecule has 2 aliphatic heterocycles. The van der Waals surface area contributed by atoms with Gasteiger partial charge in [-0.2, -0.15) is 0 Å². The molecule has 3 aliphatic rings. The topological polar surface area (TPSA) is 207 Å². The second-order valence-electron chi connectivity index (χ2n) is 14.6. The average Bonchev–Trinajstić information content (AvgIpc) is 3.43. The molecule has 2 fully saturated rings. The Morgan fingerprint density at radius 2 is 1.91 bits per heavy atom. The van der Waals surface area contributed by atoms with Crippen molar-refractivity contribution in [2.45, 2.75) is 81.0 Å². The van der Waals surface area contributed by atoms with E-state index in [4.69, 9.17) is 25.2 Å². The van der Waals surface area contributed by atoms with Crippen molar-refractivity contribution >= 4 is 60.9 Å². The van der Waals surface area contributed by atoms with Gasteiger partial charge in [-0.1, -0.05) is 30.7 Å². The number of nitrogens with zero attached hydrogens (tertiary/aromatic N) is 3. The van der Waals surface area contributed by atoms with Crippen LogP contribution in [0.2, 0.25) is 0 Å². The molecule has 1 aliphatic carbocycles. The molecule has 2 aromatic carbocycles. The summed E-state index contributed by atoms with van der Waals surface area (Å²) in [6.07, 6.45) is 6.83. The first-order valence-electron chi connectivity index (χ1n) is 18.7. The number of nitrogens with one attached hydrogen (secondary N) is 4. The van der Waals surface area contributed by atoms with Crippen LogP contribution in [0.15, 0.2) is 71.0 Å². The van der Waals surface area contributed by atoms with Crippen LogP contribution in [-0.2, 0) is 19.6 Å². The van der Waals surface area contributed by atoms with Crippen LogP contribution < -0.4 is 35.9 Å². The van der Waals surface area contributed by atoms with Crippen LogP contribution in [0.1, 0.15) is 52.4 Å². The zero-order chi connectivity index (χ0) is 39.6. The van der Waals surface area contributed by atoms with Gasteiger partial charge in [0, 0.05) is 47.8 Å². The normalized spacial score (nSPS) is 24.0. The van der Waals surface area contributed by atoms with Crippen molar-refractivity contribution in [2.24, 2.45) is 11.7 Å². The SMILES string of the molecule is COc1ccc2c(O[C@@H]3C[C@@H](C(=O)N[C@]45C[C@H]4/C=C\CCCCCNc4ccccc4S(=O)(=O)NC5=O)N(C(N)=O)C3)cc(-c3csc(NC(C)C)n3)nc2c1. The number of allylic oxidation sites excluding steroid dienone is 1. The van der Waals surface area contributed by atoms with Gasteiger partial charge in [-0.15, -0.1) is 11.3 Å². The standard InChI is InChI=1S/C39H46N8O7S2/c1-23(2)42-38-44-31(22-55-38)30-19-33(27-15-14-25(53-3)17-29(27)43-30)54-26-18-32(47(21-26)37(40)50)35(48)45-39-20-24(39)11-7-5-4-6-10-16-41-28-12-8-9-13-34(28)56(51,52)46-36(39)49/h7-9,11-15,17,19,22-24,26,32,41H,4-6,10,16,18,20-21H2,1-3H3,(H2,40,50)(H,42,44)(H,45,48)(H,46,49)/b11-7-/t24-,26-,32+,39-/m1/s1. The van der Waals surface area contributed by atoms with Gasteiger partial charge in [-0.05, 0) is 63.8 Å². The minimum absolute atomic E-state index is 0.0113. The summed E-state index contributed by atoms with van der Waals surface area (Å²) in [6.45, 7) is 4.62. The highest BCUT2D eigenvalue weighted by atomic mass is 32.2. The van der Waals surface area contributed by atoms with E-state index in [1.54, 1.807) is 43.5 Å². The Labute approximate surface area is 329 Å². The number of likely N-dealkylation sites (tertiary alicyclic amines) is 1. The van der Waals surface area contributed by atoms with Gasteiger partial charge in [0.05, 0.1) is 30.6 Å². The summed E-state index contributed by atoms with van der Waals surface area (Å²) in [7, 11) is -2.76. The fraction of sp³-hybridized carbons (Fsp3) is 0.410. The lowest BCUT2D eigenvalue weighted by Crippen LogP contribution is -2.56. The number of aromatic nitrogens is 2. The number of rotatable bonds is 8. The van der Waals surface area contributed by atoms with Crippen molar-refractivity contribution in [3.63, 3.8) is 0 Å². The smallest absolute Gasteiger partial charge is 0.315 e. The summed E-state index contributed by atoms with van der Waals surface area (Å²) < 4.78 is 41.5. The quantitative estimate of drug-likeness (QED) is 0.150. The molecule has 4 heterocycles. The molecule has 0 unspecified atom stereocenters. The number of amides is 4. The molecule has 7 rings (SSSR count). The first-order chi connectivity index (χ1) is 26.9. The number of thiazole rings is 1. The highest BCUT2D eigenvalue weighted by molar-refractivity contribution is 7.90. The molecule has 56 heavy (non-hydrogen) atoms. The van der Waals surface area contributed by atoms with Crippen LogP contribution in [0.3, 0.4) is 0 Å². The van der Waals surface area contributed by atoms with Crippen molar-refractivity contribution in [3.8, 4) is 22.9 Å². The number of benzene rings is 2. The van der Waals surface area contributed by atoms with E-state index in [2.05, 4.69) is 20.7 Å². The van der Waals surface area contributed by atoms with Gasteiger partial charge in [0.1, 0.15) is 39.8 Å². The number of anilines is 2. The Morgan fingerprint density at radius 1 is 1.09 bits per heavy atom. The van der Waals surface area contributed by atoms with Crippen LogP contribution in [0.4, 0.5) is 15.6 Å². The van der Waals surface area contributed by atoms with Gasteiger partial charge in [-0.3, -0.25) is 9.59 Å². The first-order valence-corrected chi connectivity index (χ1v) is 21.1. The number of carbonyl (C=O) groups is 3. The molecular weight excluding hydrogens is 757 g/mol. The summed E-state index contributed by atoms with van der Waals surface area (Å²) in [5, 5.41) is 12.7. The van der Waals surface area contributed by atoms with E-state index in [-0.39, 0.29) is 30.3 Å². The van der Waals surface area contributed by atoms with Crippen molar-refractivity contribution in [1.82, 2.24) is 24.9 Å². The van der Waals surface area contributed by atoms with Crippen LogP contribution in [0.25, 0.3) is 22.3 Å². The number of ether oxygens (including phenoxy) is 2. The van der Waals surface area contributed by atoms with E-state index >= 15 is 0 Å². The second-order valence-corrected chi connectivity index (χ2v) is 17.1. The number of fused-ring (bicyclic) bond motifs is 3. The van der Waals surface area contributed by atoms with Crippen LogP contribution in [0, 0.1) is 5.92 Å². The van der Waals surface area contributed by atoms with E-state index in [9.17, 15) is 22.8 Å². The third kappa shape index (κ3) is 8.23. The largest absolute Gasteiger partial charge is 0.497 e. The predicted molar refractivity (Wildman–Crippen MR) is 214 cm³/mol. The van der Waals surface area contributed by atoms with Gasteiger partial charge in [0.2, 0.25) is 5.91 Å². The number of pyridine rings is 1. The molecule has 1 saturated carbocycles. The van der Waals surface area contributed by atoms with E-state index in [0.29, 0.717) is 46.0 Å². The molecule has 17 heteroatoms. The Kier molecular flexibility index (Phi) is 11.1. The molecule has 6 N–H and O–H groups in total. The third-order valence-electron chi connectivity index (χ3n) is 10.2. The van der Waals surface area contributed by atoms with Crippen molar-refractivity contribution in [2.75, 3.05) is 30.8 Å². The Balaban J connectivity index is 1.14. The third-order valence-corrected chi connectivity index (χ3v) is 12.4. The number of para-hydroxylation sites is 1. The zero-order valence-electron chi connectivity index (χ0n) is 31.4. The zero-order valence-corrected chi connectivity index (χ0v) is 33.0. The summed E-state index contributed by atoms with van der Waals surface area (Å²) in [6, 6.07) is 11.8. The van der Waals surface area contributed by atoms with E-state index in [0.717, 1.165) is 30.8 Å². The lowest BCUT2D eigenvalue weighted by molar-refractivity contribution is -0.131. The van der Waals surface area contributed by atoms with E-state index in [1.807, 2.05) is 37.4 Å². The summed E-state index contributed by atoms with van der Waals surface area (Å²) in [5.74, 6) is -0.903. The van der Waals surface area contributed by atoms with Gasteiger partial charge in [0.15, 0.2) is 5.13 Å². The molecule has 4 aromatic rings. The minimum Gasteiger partial charge on any atom is -0.497 e. The Morgan fingerprint density at radius 3 is 2.70 bits per heavy atom.